The van der Waals surface area contributed by atoms with Gasteiger partial charge in [-0.05, 0) is 12.1 Å². The molecule has 0 amide bonds. The fourth-order valence-electron chi connectivity index (χ4n) is 1.33. The summed E-state index contributed by atoms with van der Waals surface area (Å²) in [5.74, 6) is 0. The molecule has 0 N–H and O–H groups in total. The summed E-state index contributed by atoms with van der Waals surface area (Å²) in [6.45, 7) is 0. The van der Waals surface area contributed by atoms with Crippen LogP contribution in [-0.4, -0.2) is 29.5 Å². The summed E-state index contributed by atoms with van der Waals surface area (Å²) >= 11 is -0.217. The van der Waals surface area contributed by atoms with Crippen LogP contribution >= 0.6 is 0 Å². The SMILES string of the molecule is CN(C)C=Nc1cc(N=S=O)cc(C(F)(F)F)c1C#N. The average molecular weight is 302 g/mol. The van der Waals surface area contributed by atoms with Gasteiger partial charge in [-0.15, -0.1) is 0 Å². The van der Waals surface area contributed by atoms with E-state index in [9.17, 15) is 17.4 Å². The molecule has 1 aromatic carbocycles. The van der Waals surface area contributed by atoms with Gasteiger partial charge in [0.25, 0.3) is 0 Å². The molecule has 0 spiro atoms. The predicted molar refractivity (Wildman–Crippen MR) is 68.2 cm³/mol. The Morgan fingerprint density at radius 3 is 2.50 bits per heavy atom. The maximum absolute atomic E-state index is 12.9. The molecule has 1 rings (SSSR count). The molecule has 0 atom stereocenters. The molecule has 1 aromatic rings. The second-order valence-electron chi connectivity index (χ2n) is 3.87. The second-order valence-corrected chi connectivity index (χ2v) is 4.20. The van der Waals surface area contributed by atoms with Crippen LogP contribution in [0.3, 0.4) is 0 Å². The van der Waals surface area contributed by atoms with Crippen molar-refractivity contribution in [3.05, 3.63) is 23.3 Å². The number of hydrogen-bond acceptors (Lipinski definition) is 4. The normalized spacial score (nSPS) is 11.2. The second kappa shape index (κ2) is 6.29. The smallest absolute Gasteiger partial charge is 0.369 e. The Morgan fingerprint density at radius 1 is 1.40 bits per heavy atom. The highest BCUT2D eigenvalue weighted by Gasteiger charge is 2.35. The maximum Gasteiger partial charge on any atom is 0.417 e. The molecule has 5 nitrogen and oxygen atoms in total. The number of rotatable bonds is 3. The van der Waals surface area contributed by atoms with Crippen molar-refractivity contribution >= 4 is 29.2 Å². The zero-order valence-electron chi connectivity index (χ0n) is 10.5. The summed E-state index contributed by atoms with van der Waals surface area (Å²) in [7, 11) is 3.25. The number of nitriles is 1. The molecule has 0 bridgehead atoms. The summed E-state index contributed by atoms with van der Waals surface area (Å²) < 4.78 is 52.3. The highest BCUT2D eigenvalue weighted by Crippen LogP contribution is 2.38. The van der Waals surface area contributed by atoms with Crippen LogP contribution in [0.25, 0.3) is 0 Å². The Hall–Kier alpha value is -2.21. The van der Waals surface area contributed by atoms with Crippen LogP contribution < -0.4 is 0 Å². The molecule has 0 unspecified atom stereocenters. The summed E-state index contributed by atoms with van der Waals surface area (Å²) in [5, 5.41) is 8.91. The van der Waals surface area contributed by atoms with E-state index in [1.54, 1.807) is 14.1 Å². The van der Waals surface area contributed by atoms with Crippen molar-refractivity contribution in [2.45, 2.75) is 6.18 Å². The van der Waals surface area contributed by atoms with Crippen molar-refractivity contribution in [2.24, 2.45) is 9.36 Å². The number of nitrogens with zero attached hydrogens (tertiary/aromatic N) is 4. The van der Waals surface area contributed by atoms with E-state index in [-0.39, 0.29) is 22.8 Å². The van der Waals surface area contributed by atoms with Crippen LogP contribution in [-0.2, 0) is 17.6 Å². The van der Waals surface area contributed by atoms with Gasteiger partial charge in [0.2, 0.25) is 11.5 Å². The number of hydrogen-bond donors (Lipinski definition) is 0. The quantitative estimate of drug-likeness (QED) is 0.637. The number of alkyl halides is 3. The lowest BCUT2D eigenvalue weighted by atomic mass is 10.0. The van der Waals surface area contributed by atoms with E-state index in [4.69, 9.17) is 5.26 Å². The minimum absolute atomic E-state index is 0.191. The maximum atomic E-state index is 12.9. The number of halogens is 3. The molecule has 0 saturated carbocycles. The molecule has 0 aliphatic rings. The Labute approximate surface area is 116 Å². The van der Waals surface area contributed by atoms with E-state index in [1.807, 2.05) is 0 Å². The van der Waals surface area contributed by atoms with Gasteiger partial charge < -0.3 is 4.90 Å². The summed E-state index contributed by atoms with van der Waals surface area (Å²) in [6.07, 6.45) is -3.48. The molecule has 106 valence electrons. The molecule has 0 aromatic heterocycles. The minimum atomic E-state index is -4.73. The van der Waals surface area contributed by atoms with Gasteiger partial charge in [-0.25, -0.2) is 4.99 Å². The first-order chi connectivity index (χ1) is 9.29. The van der Waals surface area contributed by atoms with E-state index in [1.165, 1.54) is 17.3 Å². The highest BCUT2D eigenvalue weighted by molar-refractivity contribution is 7.54. The standard InChI is InChI=1S/C11H9F3N4OS/c1-18(2)6-16-10-4-7(17-20-19)3-9(8(10)5-15)11(12,13)14/h3-4,6H,1-2H3. The van der Waals surface area contributed by atoms with Gasteiger partial charge in [-0.3, -0.25) is 0 Å². The van der Waals surface area contributed by atoms with E-state index < -0.39 is 17.3 Å². The zero-order valence-corrected chi connectivity index (χ0v) is 11.3. The molecular formula is C11H9F3N4OS. The Kier molecular flexibility index (Phi) is 4.99. The Morgan fingerprint density at radius 2 is 2.05 bits per heavy atom. The van der Waals surface area contributed by atoms with Gasteiger partial charge in [-0.1, -0.05) is 0 Å². The van der Waals surface area contributed by atoms with Crippen LogP contribution in [0.5, 0.6) is 0 Å². The van der Waals surface area contributed by atoms with Crippen LogP contribution in [0.15, 0.2) is 21.5 Å². The van der Waals surface area contributed by atoms with Gasteiger partial charge in [-0.2, -0.15) is 27.0 Å². The molecule has 9 heteroatoms. The monoisotopic (exact) mass is 302 g/mol. The van der Waals surface area contributed by atoms with Crippen LogP contribution in [0, 0.1) is 11.3 Å². The van der Waals surface area contributed by atoms with Crippen molar-refractivity contribution in [2.75, 3.05) is 14.1 Å². The van der Waals surface area contributed by atoms with Crippen LogP contribution in [0.2, 0.25) is 0 Å². The molecule has 0 aliphatic carbocycles. The van der Waals surface area contributed by atoms with Crippen LogP contribution in [0.1, 0.15) is 11.1 Å². The summed E-state index contributed by atoms with van der Waals surface area (Å²) in [4.78, 5) is 5.30. The summed E-state index contributed by atoms with van der Waals surface area (Å²) in [5.41, 5.74) is -2.15. The van der Waals surface area contributed by atoms with Gasteiger partial charge >= 0.3 is 6.18 Å². The molecule has 0 aliphatic heterocycles. The topological polar surface area (TPSA) is 68.8 Å². The predicted octanol–water partition coefficient (Wildman–Crippen LogP) is 2.83. The first-order valence-electron chi connectivity index (χ1n) is 5.15. The van der Waals surface area contributed by atoms with Crippen molar-refractivity contribution in [1.29, 1.82) is 5.26 Å². The van der Waals surface area contributed by atoms with Gasteiger partial charge in [0.15, 0.2) is 0 Å². The van der Waals surface area contributed by atoms with Crippen molar-refractivity contribution in [1.82, 2.24) is 4.90 Å². The Bertz CT molecular complexity index is 628. The molecule has 0 radical (unpaired) electrons. The van der Waals surface area contributed by atoms with Crippen molar-refractivity contribution in [3.8, 4) is 6.07 Å². The fourth-order valence-corrected chi connectivity index (χ4v) is 1.52. The molecule has 0 fully saturated rings. The third-order valence-corrected chi connectivity index (χ3v) is 2.38. The molecule has 20 heavy (non-hydrogen) atoms. The average Bonchev–Trinajstić information content (AvgIpc) is 2.35. The lowest BCUT2D eigenvalue weighted by Gasteiger charge is -2.11. The largest absolute Gasteiger partial charge is 0.417 e. The van der Waals surface area contributed by atoms with Gasteiger partial charge in [0, 0.05) is 14.1 Å². The van der Waals surface area contributed by atoms with Gasteiger partial charge in [0.05, 0.1) is 28.8 Å². The van der Waals surface area contributed by atoms with Crippen molar-refractivity contribution in [3.63, 3.8) is 0 Å². The summed E-state index contributed by atoms with van der Waals surface area (Å²) in [6, 6.07) is 3.29. The van der Waals surface area contributed by atoms with E-state index >= 15 is 0 Å². The lowest BCUT2D eigenvalue weighted by Crippen LogP contribution is -2.09. The van der Waals surface area contributed by atoms with Crippen molar-refractivity contribution < 1.29 is 17.4 Å². The minimum Gasteiger partial charge on any atom is -0.369 e. The van der Waals surface area contributed by atoms with Gasteiger partial charge in [0.1, 0.15) is 6.07 Å². The zero-order chi connectivity index (χ0) is 15.3. The molecular weight excluding hydrogens is 293 g/mol. The highest BCUT2D eigenvalue weighted by atomic mass is 32.1. The fraction of sp³-hybridized carbons (Fsp3) is 0.273. The first kappa shape index (κ1) is 15.8. The van der Waals surface area contributed by atoms with E-state index in [0.29, 0.717) is 6.07 Å². The van der Waals surface area contributed by atoms with E-state index in [0.717, 1.165) is 6.07 Å². The number of benzene rings is 1. The molecule has 0 saturated heterocycles. The van der Waals surface area contributed by atoms with E-state index in [2.05, 4.69) is 9.36 Å². The first-order valence-corrected chi connectivity index (χ1v) is 5.85. The van der Waals surface area contributed by atoms with Crippen LogP contribution in [0.4, 0.5) is 24.5 Å². The lowest BCUT2D eigenvalue weighted by molar-refractivity contribution is -0.137. The molecule has 0 heterocycles. The third kappa shape index (κ3) is 3.89. The number of aliphatic imine (C=N–C) groups is 1. The Balaban J connectivity index is 3.60. The third-order valence-electron chi connectivity index (χ3n) is 2.09.